The average Bonchev–Trinajstić information content (AvgIpc) is 3.20. The lowest BCUT2D eigenvalue weighted by Gasteiger charge is -2.38. The molecular formula is C21H25N5O3S. The number of benzene rings is 1. The summed E-state index contributed by atoms with van der Waals surface area (Å²) >= 11 is 1.25. The predicted octanol–water partition coefficient (Wildman–Crippen LogP) is 1.88. The van der Waals surface area contributed by atoms with Gasteiger partial charge in [-0.2, -0.15) is 4.98 Å². The van der Waals surface area contributed by atoms with Crippen molar-refractivity contribution in [1.29, 1.82) is 0 Å². The van der Waals surface area contributed by atoms with E-state index in [9.17, 15) is 14.7 Å². The molecule has 1 aliphatic heterocycles. The summed E-state index contributed by atoms with van der Waals surface area (Å²) in [6.45, 7) is 1.13. The molecule has 3 heterocycles. The van der Waals surface area contributed by atoms with Gasteiger partial charge in [-0.05, 0) is 24.8 Å². The van der Waals surface area contributed by atoms with Gasteiger partial charge in [-0.1, -0.05) is 41.7 Å². The highest BCUT2D eigenvalue weighted by molar-refractivity contribution is 7.22. The fourth-order valence-electron chi connectivity index (χ4n) is 3.77. The van der Waals surface area contributed by atoms with Gasteiger partial charge in [-0.25, -0.2) is 4.98 Å². The fraction of sp³-hybridized carbons (Fsp3) is 0.429. The van der Waals surface area contributed by atoms with Crippen LogP contribution in [0.15, 0.2) is 41.5 Å². The molecule has 0 aliphatic carbocycles. The number of aromatic nitrogens is 3. The van der Waals surface area contributed by atoms with Crippen molar-refractivity contribution in [3.63, 3.8) is 0 Å². The molecule has 4 rings (SSSR count). The third-order valence-corrected chi connectivity index (χ3v) is 6.63. The molecule has 1 aliphatic rings. The fourth-order valence-corrected chi connectivity index (χ4v) is 4.59. The van der Waals surface area contributed by atoms with Gasteiger partial charge in [0.05, 0.1) is 12.1 Å². The van der Waals surface area contributed by atoms with Crippen LogP contribution in [0, 0.1) is 0 Å². The van der Waals surface area contributed by atoms with Crippen LogP contribution in [0.2, 0.25) is 0 Å². The summed E-state index contributed by atoms with van der Waals surface area (Å²) in [5.74, 6) is 0.102. The minimum Gasteiger partial charge on any atom is -0.388 e. The van der Waals surface area contributed by atoms with E-state index in [0.29, 0.717) is 54.3 Å². The molecule has 1 saturated heterocycles. The van der Waals surface area contributed by atoms with E-state index in [-0.39, 0.29) is 18.0 Å². The lowest BCUT2D eigenvalue weighted by atomic mass is 9.91. The highest BCUT2D eigenvalue weighted by Gasteiger charge is 2.34. The van der Waals surface area contributed by atoms with E-state index in [4.69, 9.17) is 0 Å². The zero-order valence-corrected chi connectivity index (χ0v) is 17.7. The van der Waals surface area contributed by atoms with Crippen LogP contribution in [-0.2, 0) is 17.8 Å². The zero-order chi connectivity index (χ0) is 21.1. The number of thiazole rings is 1. The highest BCUT2D eigenvalue weighted by atomic mass is 32.1. The van der Waals surface area contributed by atoms with Crippen LogP contribution in [0.1, 0.15) is 24.8 Å². The SMILES string of the molecule is CNc1nc2ncn(CC3(O)CCN(C(=O)CCc4ccccc4)CC3)c(=O)c2s1. The number of piperidine rings is 1. The Morgan fingerprint density at radius 3 is 2.70 bits per heavy atom. The molecule has 0 bridgehead atoms. The molecule has 0 radical (unpaired) electrons. The van der Waals surface area contributed by atoms with E-state index in [0.717, 1.165) is 5.56 Å². The van der Waals surface area contributed by atoms with Gasteiger partial charge in [-0.3, -0.25) is 14.2 Å². The highest BCUT2D eigenvalue weighted by Crippen LogP contribution is 2.25. The van der Waals surface area contributed by atoms with Crippen LogP contribution < -0.4 is 10.9 Å². The van der Waals surface area contributed by atoms with Crippen molar-refractivity contribution in [3.8, 4) is 0 Å². The normalized spacial score (nSPS) is 16.0. The number of carbonyl (C=O) groups is 1. The molecule has 3 aromatic rings. The Balaban J connectivity index is 1.37. The number of rotatable bonds is 6. The molecule has 8 nitrogen and oxygen atoms in total. The lowest BCUT2D eigenvalue weighted by molar-refractivity contribution is -0.135. The molecule has 1 fully saturated rings. The van der Waals surface area contributed by atoms with E-state index in [2.05, 4.69) is 15.3 Å². The van der Waals surface area contributed by atoms with Crippen LogP contribution in [0.4, 0.5) is 5.13 Å². The Labute approximate surface area is 178 Å². The maximum atomic E-state index is 12.8. The number of fused-ring (bicyclic) bond motifs is 1. The van der Waals surface area contributed by atoms with Crippen LogP contribution in [-0.4, -0.2) is 56.2 Å². The van der Waals surface area contributed by atoms with Crippen molar-refractivity contribution in [1.82, 2.24) is 19.4 Å². The van der Waals surface area contributed by atoms with Crippen LogP contribution in [0.5, 0.6) is 0 Å². The number of nitrogens with zero attached hydrogens (tertiary/aromatic N) is 4. The van der Waals surface area contributed by atoms with Gasteiger partial charge >= 0.3 is 0 Å². The van der Waals surface area contributed by atoms with E-state index in [1.807, 2.05) is 35.2 Å². The second-order valence-corrected chi connectivity index (χ2v) is 8.69. The average molecular weight is 428 g/mol. The molecule has 2 N–H and O–H groups in total. The predicted molar refractivity (Wildman–Crippen MR) is 117 cm³/mol. The van der Waals surface area contributed by atoms with Crippen molar-refractivity contribution >= 4 is 32.7 Å². The number of hydrogen-bond donors (Lipinski definition) is 2. The number of amides is 1. The number of aryl methyl sites for hydroxylation is 1. The summed E-state index contributed by atoms with van der Waals surface area (Å²) < 4.78 is 1.92. The van der Waals surface area contributed by atoms with Crippen LogP contribution in [0.25, 0.3) is 10.3 Å². The van der Waals surface area contributed by atoms with Gasteiger partial charge in [-0.15, -0.1) is 0 Å². The number of anilines is 1. The summed E-state index contributed by atoms with van der Waals surface area (Å²) in [6, 6.07) is 9.95. The molecule has 30 heavy (non-hydrogen) atoms. The van der Waals surface area contributed by atoms with Gasteiger partial charge < -0.3 is 15.3 Å². The molecule has 2 aromatic heterocycles. The monoisotopic (exact) mass is 427 g/mol. The lowest BCUT2D eigenvalue weighted by Crippen LogP contribution is -2.49. The van der Waals surface area contributed by atoms with E-state index in [1.165, 1.54) is 22.2 Å². The molecule has 1 aromatic carbocycles. The molecular weight excluding hydrogens is 402 g/mol. The number of likely N-dealkylation sites (tertiary alicyclic amines) is 1. The summed E-state index contributed by atoms with van der Waals surface area (Å²) in [4.78, 5) is 35.6. The quantitative estimate of drug-likeness (QED) is 0.623. The third-order valence-electron chi connectivity index (χ3n) is 5.58. The van der Waals surface area contributed by atoms with Crippen molar-refractivity contribution in [3.05, 3.63) is 52.6 Å². The number of nitrogens with one attached hydrogen (secondary N) is 1. The minimum atomic E-state index is -1.04. The summed E-state index contributed by atoms with van der Waals surface area (Å²) in [6.07, 6.45) is 3.48. The maximum Gasteiger partial charge on any atom is 0.273 e. The largest absolute Gasteiger partial charge is 0.388 e. The molecule has 0 spiro atoms. The molecule has 0 unspecified atom stereocenters. The van der Waals surface area contributed by atoms with Gasteiger partial charge in [0, 0.05) is 26.6 Å². The van der Waals surface area contributed by atoms with Gasteiger partial charge in [0.2, 0.25) is 5.91 Å². The van der Waals surface area contributed by atoms with Crippen molar-refractivity contribution < 1.29 is 9.90 Å². The molecule has 1 amide bonds. The second-order valence-electron chi connectivity index (χ2n) is 7.69. The van der Waals surface area contributed by atoms with Crippen LogP contribution >= 0.6 is 11.3 Å². The van der Waals surface area contributed by atoms with Gasteiger partial charge in [0.1, 0.15) is 11.0 Å². The Hall–Kier alpha value is -2.78. The Morgan fingerprint density at radius 2 is 2.00 bits per heavy atom. The summed E-state index contributed by atoms with van der Waals surface area (Å²) in [7, 11) is 1.74. The minimum absolute atomic E-state index is 0.102. The third kappa shape index (κ3) is 4.36. The summed E-state index contributed by atoms with van der Waals surface area (Å²) in [5.41, 5.74) is 0.322. The Bertz CT molecular complexity index is 1090. The maximum absolute atomic E-state index is 12.8. The Morgan fingerprint density at radius 1 is 1.27 bits per heavy atom. The Kier molecular flexibility index (Phi) is 5.83. The number of carbonyl (C=O) groups excluding carboxylic acids is 1. The van der Waals surface area contributed by atoms with Gasteiger partial charge in [0.25, 0.3) is 5.56 Å². The number of hydrogen-bond acceptors (Lipinski definition) is 7. The smallest absolute Gasteiger partial charge is 0.273 e. The number of aliphatic hydroxyl groups is 1. The molecule has 0 saturated carbocycles. The van der Waals surface area contributed by atoms with Crippen molar-refractivity contribution in [2.75, 3.05) is 25.5 Å². The van der Waals surface area contributed by atoms with E-state index in [1.54, 1.807) is 7.05 Å². The molecule has 0 atom stereocenters. The standard InChI is InChI=1S/C21H25N5O3S/c1-22-20-24-18-17(30-20)19(28)26(14-23-18)13-21(29)9-11-25(12-10-21)16(27)8-7-15-5-3-2-4-6-15/h2-6,14,29H,7-13H2,1H3,(H,22,24). The van der Waals surface area contributed by atoms with E-state index < -0.39 is 5.60 Å². The zero-order valence-electron chi connectivity index (χ0n) is 16.9. The first kappa shape index (κ1) is 20.5. The summed E-state index contributed by atoms with van der Waals surface area (Å²) in [5, 5.41) is 14.6. The van der Waals surface area contributed by atoms with E-state index >= 15 is 0 Å². The first-order valence-electron chi connectivity index (χ1n) is 10.1. The topological polar surface area (TPSA) is 100 Å². The van der Waals surface area contributed by atoms with Crippen LogP contribution in [0.3, 0.4) is 0 Å². The van der Waals surface area contributed by atoms with Gasteiger partial charge in [0.15, 0.2) is 10.8 Å². The second kappa shape index (κ2) is 8.53. The first-order chi connectivity index (χ1) is 14.5. The first-order valence-corrected chi connectivity index (χ1v) is 10.9. The van der Waals surface area contributed by atoms with Crippen molar-refractivity contribution in [2.45, 2.75) is 37.8 Å². The van der Waals surface area contributed by atoms with Crippen molar-refractivity contribution in [2.24, 2.45) is 0 Å². The molecule has 158 valence electrons. The molecule has 9 heteroatoms.